The number of hydrogen-bond donors (Lipinski definition) is 4. The van der Waals surface area contributed by atoms with Gasteiger partial charge in [0.05, 0.1) is 5.60 Å². The molecule has 0 aromatic heterocycles. The fraction of sp³-hybridized carbons (Fsp3) is 0.812. The molecule has 3 heterocycles. The Balaban J connectivity index is 0.00000243. The number of imide groups is 1. The molecule has 0 spiro atoms. The third-order valence-electron chi connectivity index (χ3n) is 5.55. The molecule has 0 aromatic rings. The summed E-state index contributed by atoms with van der Waals surface area (Å²) in [6.07, 6.45) is 2.40. The summed E-state index contributed by atoms with van der Waals surface area (Å²) >= 11 is 1.77. The van der Waals surface area contributed by atoms with E-state index >= 15 is 0 Å². The number of thioether (sulfide) groups is 1. The van der Waals surface area contributed by atoms with E-state index in [9.17, 15) is 14.7 Å². The Morgan fingerprint density at radius 3 is 2.62 bits per heavy atom. The van der Waals surface area contributed by atoms with Crippen LogP contribution in [-0.2, 0) is 4.79 Å². The highest BCUT2D eigenvalue weighted by molar-refractivity contribution is 14.0. The van der Waals surface area contributed by atoms with Gasteiger partial charge in [-0.05, 0) is 37.9 Å². The van der Waals surface area contributed by atoms with Crippen molar-refractivity contribution in [2.24, 2.45) is 10.9 Å². The van der Waals surface area contributed by atoms with Gasteiger partial charge in [-0.2, -0.15) is 11.8 Å². The first kappa shape index (κ1) is 21.5. The van der Waals surface area contributed by atoms with Crippen LogP contribution in [0.5, 0.6) is 0 Å². The summed E-state index contributed by atoms with van der Waals surface area (Å²) in [5.74, 6) is 2.40. The number of aliphatic imine (C=N–C) groups is 1. The summed E-state index contributed by atoms with van der Waals surface area (Å²) in [4.78, 5) is 30.0. The van der Waals surface area contributed by atoms with E-state index in [0.717, 1.165) is 49.8 Å². The lowest BCUT2D eigenvalue weighted by molar-refractivity contribution is -0.125. The largest absolute Gasteiger partial charge is 0.387 e. The minimum absolute atomic E-state index is 0. The Labute approximate surface area is 175 Å². The number of carbonyl (C=O) groups excluding carboxylic acids is 2. The van der Waals surface area contributed by atoms with Gasteiger partial charge in [-0.1, -0.05) is 0 Å². The maximum Gasteiger partial charge on any atom is 0.322 e. The molecule has 3 fully saturated rings. The Morgan fingerprint density at radius 1 is 1.42 bits per heavy atom. The molecule has 0 aliphatic carbocycles. The molecule has 3 rings (SSSR count). The molecule has 0 radical (unpaired) electrons. The molecule has 26 heavy (non-hydrogen) atoms. The van der Waals surface area contributed by atoms with E-state index in [0.29, 0.717) is 6.54 Å². The zero-order valence-corrected chi connectivity index (χ0v) is 18.4. The van der Waals surface area contributed by atoms with Crippen LogP contribution in [0.3, 0.4) is 0 Å². The van der Waals surface area contributed by atoms with Crippen LogP contribution in [0.25, 0.3) is 0 Å². The lowest BCUT2D eigenvalue weighted by Gasteiger charge is -2.40. The molecular formula is C16H28IN5O3S. The quantitative estimate of drug-likeness (QED) is 0.194. The van der Waals surface area contributed by atoms with Crippen LogP contribution in [0.4, 0.5) is 4.79 Å². The average Bonchev–Trinajstić information content (AvgIpc) is 3.13. The Morgan fingerprint density at radius 2 is 2.12 bits per heavy atom. The predicted molar refractivity (Wildman–Crippen MR) is 113 cm³/mol. The van der Waals surface area contributed by atoms with Gasteiger partial charge >= 0.3 is 6.03 Å². The maximum atomic E-state index is 12.1. The summed E-state index contributed by atoms with van der Waals surface area (Å²) in [5, 5.41) is 18.9. The standard InChI is InChI=1S/C16H27N5O3S.HI/c1-15(12(22)19-14(23)20-15)11-3-6-21(7-4-11)13(17-2)18-9-16(24)5-8-25-10-16;/h11,24H,3-10H2,1-2H3,(H,17,18)(H2,19,20,22,23);1H. The molecule has 3 saturated heterocycles. The first-order chi connectivity index (χ1) is 11.9. The van der Waals surface area contributed by atoms with Gasteiger partial charge in [0.25, 0.3) is 5.91 Å². The summed E-state index contributed by atoms with van der Waals surface area (Å²) < 4.78 is 0. The average molecular weight is 497 g/mol. The Bertz CT molecular complexity index is 576. The molecule has 0 bridgehead atoms. The lowest BCUT2D eigenvalue weighted by atomic mass is 9.79. The number of hydrogen-bond acceptors (Lipinski definition) is 5. The summed E-state index contributed by atoms with van der Waals surface area (Å²) in [6.45, 7) is 3.82. The van der Waals surface area contributed by atoms with Gasteiger partial charge in [0.2, 0.25) is 0 Å². The van der Waals surface area contributed by atoms with Gasteiger partial charge in [-0.3, -0.25) is 15.1 Å². The minimum Gasteiger partial charge on any atom is -0.387 e. The molecule has 2 atom stereocenters. The van der Waals surface area contributed by atoms with Gasteiger partial charge in [0, 0.05) is 32.4 Å². The van der Waals surface area contributed by atoms with Crippen LogP contribution in [0.15, 0.2) is 4.99 Å². The van der Waals surface area contributed by atoms with Crippen molar-refractivity contribution in [2.75, 3.05) is 38.2 Å². The fourth-order valence-corrected chi connectivity index (χ4v) is 5.12. The van der Waals surface area contributed by atoms with E-state index in [1.54, 1.807) is 25.7 Å². The van der Waals surface area contributed by atoms with Crippen molar-refractivity contribution in [1.29, 1.82) is 0 Å². The number of likely N-dealkylation sites (tertiary alicyclic amines) is 1. The monoisotopic (exact) mass is 497 g/mol. The van der Waals surface area contributed by atoms with Crippen molar-refractivity contribution in [3.8, 4) is 0 Å². The van der Waals surface area contributed by atoms with Gasteiger partial charge in [0.15, 0.2) is 5.96 Å². The molecule has 148 valence electrons. The van der Waals surface area contributed by atoms with Gasteiger partial charge in [0.1, 0.15) is 5.54 Å². The smallest absolute Gasteiger partial charge is 0.322 e. The van der Waals surface area contributed by atoms with Crippen LogP contribution >= 0.6 is 35.7 Å². The van der Waals surface area contributed by atoms with Crippen LogP contribution in [0.1, 0.15) is 26.2 Å². The first-order valence-corrected chi connectivity index (χ1v) is 9.91. The maximum absolute atomic E-state index is 12.1. The number of halogens is 1. The molecule has 8 nitrogen and oxygen atoms in total. The van der Waals surface area contributed by atoms with Crippen molar-refractivity contribution in [3.63, 3.8) is 0 Å². The highest BCUT2D eigenvalue weighted by Gasteiger charge is 2.48. The molecule has 0 saturated carbocycles. The Kier molecular flexibility index (Phi) is 7.05. The predicted octanol–water partition coefficient (Wildman–Crippen LogP) is 0.358. The second-order valence-corrected chi connectivity index (χ2v) is 8.40. The number of amides is 3. The highest BCUT2D eigenvalue weighted by atomic mass is 127. The molecule has 3 amide bonds. The van der Waals surface area contributed by atoms with E-state index in [1.165, 1.54) is 0 Å². The number of carbonyl (C=O) groups is 2. The SMILES string of the molecule is CN=C(NCC1(O)CCSC1)N1CCC(C2(C)NC(=O)NC2=O)CC1.I. The summed E-state index contributed by atoms with van der Waals surface area (Å²) in [6, 6.07) is -0.407. The van der Waals surface area contributed by atoms with E-state index in [-0.39, 0.29) is 35.8 Å². The van der Waals surface area contributed by atoms with Crippen LogP contribution in [-0.4, -0.2) is 77.2 Å². The molecule has 3 aliphatic rings. The Hall–Kier alpha value is -0.750. The summed E-state index contributed by atoms with van der Waals surface area (Å²) in [7, 11) is 1.74. The molecule has 10 heteroatoms. The minimum atomic E-state index is -0.823. The number of guanidine groups is 1. The van der Waals surface area contributed by atoms with E-state index in [4.69, 9.17) is 0 Å². The van der Waals surface area contributed by atoms with Crippen molar-refractivity contribution in [2.45, 2.75) is 37.3 Å². The van der Waals surface area contributed by atoms with E-state index in [1.807, 2.05) is 0 Å². The number of nitrogens with zero attached hydrogens (tertiary/aromatic N) is 2. The molecular weight excluding hydrogens is 469 g/mol. The van der Waals surface area contributed by atoms with Crippen molar-refractivity contribution in [3.05, 3.63) is 0 Å². The van der Waals surface area contributed by atoms with Crippen molar-refractivity contribution in [1.82, 2.24) is 20.9 Å². The van der Waals surface area contributed by atoms with E-state index < -0.39 is 17.2 Å². The topological polar surface area (TPSA) is 106 Å². The normalized spacial score (nSPS) is 32.9. The van der Waals surface area contributed by atoms with Crippen molar-refractivity contribution < 1.29 is 14.7 Å². The number of aliphatic hydroxyl groups is 1. The zero-order chi connectivity index (χ0) is 18.1. The van der Waals surface area contributed by atoms with E-state index in [2.05, 4.69) is 25.8 Å². The van der Waals surface area contributed by atoms with Gasteiger partial charge in [-0.15, -0.1) is 24.0 Å². The van der Waals surface area contributed by atoms with Crippen LogP contribution in [0, 0.1) is 5.92 Å². The third kappa shape index (κ3) is 4.38. The third-order valence-corrected chi connectivity index (χ3v) is 6.79. The van der Waals surface area contributed by atoms with Crippen molar-refractivity contribution >= 4 is 53.6 Å². The number of urea groups is 1. The van der Waals surface area contributed by atoms with Crippen LogP contribution < -0.4 is 16.0 Å². The van der Waals surface area contributed by atoms with Crippen LogP contribution in [0.2, 0.25) is 0 Å². The van der Waals surface area contributed by atoms with Gasteiger partial charge < -0.3 is 20.6 Å². The number of rotatable bonds is 3. The highest BCUT2D eigenvalue weighted by Crippen LogP contribution is 2.31. The molecule has 2 unspecified atom stereocenters. The number of piperidine rings is 1. The summed E-state index contributed by atoms with van der Waals surface area (Å²) in [5.41, 5.74) is -1.48. The lowest BCUT2D eigenvalue weighted by Crippen LogP contribution is -2.56. The molecule has 4 N–H and O–H groups in total. The zero-order valence-electron chi connectivity index (χ0n) is 15.2. The molecule has 3 aliphatic heterocycles. The molecule has 0 aromatic carbocycles. The second-order valence-electron chi connectivity index (χ2n) is 7.30. The first-order valence-electron chi connectivity index (χ1n) is 8.76. The number of nitrogens with one attached hydrogen (secondary N) is 3. The fourth-order valence-electron chi connectivity index (χ4n) is 3.82. The van der Waals surface area contributed by atoms with Gasteiger partial charge in [-0.25, -0.2) is 4.79 Å². The second kappa shape index (κ2) is 8.51.